The lowest BCUT2D eigenvalue weighted by Crippen LogP contribution is -2.68. The highest BCUT2D eigenvalue weighted by Gasteiger charge is 2.30. The van der Waals surface area contributed by atoms with Crippen molar-refractivity contribution in [1.29, 1.82) is 0 Å². The van der Waals surface area contributed by atoms with Gasteiger partial charge < -0.3 is 5.11 Å². The SMILES string of the molecule is C[NH+]=C(O)C1=CSC(=C2SC3=C(SCCS3)S2)S1. The largest absolute Gasteiger partial charge is 0.459 e. The van der Waals surface area contributed by atoms with E-state index in [0.29, 0.717) is 0 Å². The van der Waals surface area contributed by atoms with Crippen LogP contribution < -0.4 is 4.99 Å². The molecule has 8 heteroatoms. The van der Waals surface area contributed by atoms with E-state index in [1.165, 1.54) is 28.5 Å². The molecule has 0 atom stereocenters. The number of nitrogens with one attached hydrogen (secondary N) is 1. The molecule has 0 fully saturated rings. The van der Waals surface area contributed by atoms with Crippen molar-refractivity contribution in [3.05, 3.63) is 27.3 Å². The maximum absolute atomic E-state index is 9.67. The van der Waals surface area contributed by atoms with Crippen molar-refractivity contribution in [1.82, 2.24) is 0 Å². The minimum Gasteiger partial charge on any atom is -0.459 e. The molecule has 3 aliphatic rings. The van der Waals surface area contributed by atoms with Gasteiger partial charge in [0.25, 0.3) is 0 Å². The van der Waals surface area contributed by atoms with Crippen LogP contribution >= 0.6 is 70.6 Å². The Labute approximate surface area is 131 Å². The van der Waals surface area contributed by atoms with E-state index in [2.05, 4.69) is 4.99 Å². The Morgan fingerprint density at radius 1 is 1.06 bits per heavy atom. The second-order valence-electron chi connectivity index (χ2n) is 3.35. The lowest BCUT2D eigenvalue weighted by molar-refractivity contribution is -0.429. The summed E-state index contributed by atoms with van der Waals surface area (Å²) in [7, 11) is 1.74. The summed E-state index contributed by atoms with van der Waals surface area (Å²) in [4.78, 5) is 3.70. The van der Waals surface area contributed by atoms with E-state index >= 15 is 0 Å². The van der Waals surface area contributed by atoms with Gasteiger partial charge in [0.15, 0.2) is 0 Å². The first kappa shape index (κ1) is 13.8. The molecule has 0 aromatic heterocycles. The Morgan fingerprint density at radius 3 is 2.33 bits per heavy atom. The van der Waals surface area contributed by atoms with Gasteiger partial charge in [-0.1, -0.05) is 47.0 Å². The van der Waals surface area contributed by atoms with Gasteiger partial charge in [0.2, 0.25) is 0 Å². The van der Waals surface area contributed by atoms with Crippen LogP contribution in [-0.4, -0.2) is 29.6 Å². The Hall–Kier alpha value is 0.790. The van der Waals surface area contributed by atoms with Crippen molar-refractivity contribution in [3.63, 3.8) is 0 Å². The van der Waals surface area contributed by atoms with E-state index in [9.17, 15) is 5.11 Å². The zero-order chi connectivity index (χ0) is 12.5. The van der Waals surface area contributed by atoms with E-state index in [0.717, 1.165) is 4.91 Å². The molecule has 0 amide bonds. The van der Waals surface area contributed by atoms with Crippen molar-refractivity contribution in [2.24, 2.45) is 0 Å². The molecule has 3 heterocycles. The molecule has 0 spiro atoms. The second-order valence-corrected chi connectivity index (χ2v) is 10.6. The van der Waals surface area contributed by atoms with Gasteiger partial charge in [-0.2, -0.15) is 0 Å². The monoisotopic (exact) mass is 352 g/mol. The first-order valence-corrected chi connectivity index (χ1v) is 10.5. The van der Waals surface area contributed by atoms with Crippen LogP contribution in [0.4, 0.5) is 0 Å². The van der Waals surface area contributed by atoms with Crippen molar-refractivity contribution in [2.45, 2.75) is 0 Å². The van der Waals surface area contributed by atoms with Gasteiger partial charge in [0.05, 0.1) is 16.9 Å². The lowest BCUT2D eigenvalue weighted by Gasteiger charge is -2.08. The Balaban J connectivity index is 1.73. The summed E-state index contributed by atoms with van der Waals surface area (Å²) in [5.74, 6) is 2.70. The molecule has 96 valence electrons. The number of rotatable bonds is 1. The van der Waals surface area contributed by atoms with Crippen LogP contribution in [0.2, 0.25) is 0 Å². The first-order valence-electron chi connectivity index (χ1n) is 5.16. The summed E-state index contributed by atoms with van der Waals surface area (Å²) in [6.07, 6.45) is 0. The van der Waals surface area contributed by atoms with E-state index in [1.54, 1.807) is 30.6 Å². The van der Waals surface area contributed by atoms with Gasteiger partial charge in [0.1, 0.15) is 12.0 Å². The molecule has 0 saturated carbocycles. The average molecular weight is 353 g/mol. The fourth-order valence-corrected chi connectivity index (χ4v) is 9.86. The van der Waals surface area contributed by atoms with Crippen molar-refractivity contribution >= 4 is 76.5 Å². The summed E-state index contributed by atoms with van der Waals surface area (Å²) in [5.41, 5.74) is 0. The summed E-state index contributed by atoms with van der Waals surface area (Å²) >= 11 is 11.1. The molecule has 2 nitrogen and oxygen atoms in total. The number of aliphatic hydroxyl groups excluding tert-OH is 1. The van der Waals surface area contributed by atoms with Crippen molar-refractivity contribution in [3.8, 4) is 0 Å². The molecule has 2 N–H and O–H groups in total. The fourth-order valence-electron chi connectivity index (χ4n) is 1.37. The van der Waals surface area contributed by atoms with Gasteiger partial charge in [-0.25, -0.2) is 4.99 Å². The van der Waals surface area contributed by atoms with Crippen LogP contribution in [0.1, 0.15) is 0 Å². The summed E-state index contributed by atoms with van der Waals surface area (Å²) in [6, 6.07) is 0. The maximum atomic E-state index is 9.67. The molecular weight excluding hydrogens is 343 g/mol. The third-order valence-electron chi connectivity index (χ3n) is 2.20. The fraction of sp³-hybridized carbons (Fsp3) is 0.300. The molecule has 0 bridgehead atoms. The minimum absolute atomic E-state index is 0.262. The standard InChI is InChI=1S/C10H9NOS6/c1-11-6(12)5-4-15-9(16-5)10-17-7-8(18-10)14-3-2-13-7/h4H,2-3H2,1H3,(H,11,12)/p+1. The molecule has 3 rings (SSSR count). The first-order chi connectivity index (χ1) is 8.78. The van der Waals surface area contributed by atoms with Gasteiger partial charge in [-0.3, -0.25) is 0 Å². The summed E-state index contributed by atoms with van der Waals surface area (Å²) in [6.45, 7) is 0. The molecule has 0 radical (unpaired) electrons. The Kier molecular flexibility index (Phi) is 4.62. The zero-order valence-electron chi connectivity index (χ0n) is 9.39. The molecular formula is C10H10NOS6+. The molecule has 0 unspecified atom stereocenters. The third-order valence-corrected chi connectivity index (χ3v) is 10.9. The molecule has 0 saturated heterocycles. The van der Waals surface area contributed by atoms with Crippen LogP contribution in [0.5, 0.6) is 0 Å². The smallest absolute Gasteiger partial charge is 0.373 e. The Bertz CT molecular complexity index is 486. The number of hydrogen-bond acceptors (Lipinski definition) is 6. The third kappa shape index (κ3) is 2.78. The van der Waals surface area contributed by atoms with Gasteiger partial charge in [-0.15, -0.1) is 23.5 Å². The van der Waals surface area contributed by atoms with Crippen LogP contribution in [0, 0.1) is 0 Å². The molecule has 0 aromatic rings. The molecule has 0 aromatic carbocycles. The van der Waals surface area contributed by atoms with Crippen molar-refractivity contribution in [2.75, 3.05) is 18.6 Å². The zero-order valence-corrected chi connectivity index (χ0v) is 14.3. The van der Waals surface area contributed by atoms with Gasteiger partial charge in [0, 0.05) is 16.9 Å². The van der Waals surface area contributed by atoms with Gasteiger partial charge >= 0.3 is 5.90 Å². The van der Waals surface area contributed by atoms with Crippen LogP contribution in [-0.2, 0) is 0 Å². The van der Waals surface area contributed by atoms with Crippen LogP contribution in [0.25, 0.3) is 0 Å². The highest BCUT2D eigenvalue weighted by molar-refractivity contribution is 8.43. The molecule has 3 aliphatic heterocycles. The van der Waals surface area contributed by atoms with Crippen molar-refractivity contribution < 1.29 is 10.1 Å². The van der Waals surface area contributed by atoms with Crippen LogP contribution in [0.15, 0.2) is 27.3 Å². The van der Waals surface area contributed by atoms with Crippen LogP contribution in [0.3, 0.4) is 0 Å². The molecule has 18 heavy (non-hydrogen) atoms. The summed E-state index contributed by atoms with van der Waals surface area (Å²) < 4.78 is 5.59. The highest BCUT2D eigenvalue weighted by atomic mass is 32.3. The second kappa shape index (κ2) is 6.05. The van der Waals surface area contributed by atoms with Gasteiger partial charge in [-0.05, 0) is 0 Å². The number of hydrogen-bond donors (Lipinski definition) is 2. The minimum atomic E-state index is 0.262. The quantitative estimate of drug-likeness (QED) is 0.554. The van der Waals surface area contributed by atoms with E-state index in [1.807, 2.05) is 52.5 Å². The van der Waals surface area contributed by atoms with E-state index < -0.39 is 0 Å². The highest BCUT2D eigenvalue weighted by Crippen LogP contribution is 2.63. The normalized spacial score (nSPS) is 24.7. The Morgan fingerprint density at radius 2 is 1.72 bits per heavy atom. The van der Waals surface area contributed by atoms with E-state index in [4.69, 9.17) is 0 Å². The predicted octanol–water partition coefficient (Wildman–Crippen LogP) is 3.19. The maximum Gasteiger partial charge on any atom is 0.373 e. The van der Waals surface area contributed by atoms with E-state index in [-0.39, 0.29) is 5.90 Å². The number of thioether (sulfide) groups is 6. The topological polar surface area (TPSA) is 34.2 Å². The lowest BCUT2D eigenvalue weighted by atomic mass is 10.6. The predicted molar refractivity (Wildman–Crippen MR) is 91.9 cm³/mol. The average Bonchev–Trinajstić information content (AvgIpc) is 3.03. The molecule has 0 aliphatic carbocycles. The summed E-state index contributed by atoms with van der Waals surface area (Å²) in [5, 5.41) is 11.7. The number of aliphatic hydroxyl groups is 1.